The van der Waals surface area contributed by atoms with Crippen LogP contribution in [0.1, 0.15) is 50.7 Å². The highest BCUT2D eigenvalue weighted by atomic mass is 32.2. The van der Waals surface area contributed by atoms with E-state index in [1.165, 1.54) is 6.07 Å². The molecule has 2 aromatic rings. The number of benzene rings is 1. The van der Waals surface area contributed by atoms with E-state index in [4.69, 9.17) is 0 Å². The first-order valence-corrected chi connectivity index (χ1v) is 10.5. The molecule has 0 radical (unpaired) electrons. The van der Waals surface area contributed by atoms with Crippen molar-refractivity contribution in [2.45, 2.75) is 43.7 Å². The molecule has 136 valence electrons. The van der Waals surface area contributed by atoms with Gasteiger partial charge in [0.2, 0.25) is 5.91 Å². The minimum Gasteiger partial charge on any atom is -0.324 e. The fourth-order valence-electron chi connectivity index (χ4n) is 2.53. The number of hydrogen-bond acceptors (Lipinski definition) is 4. The van der Waals surface area contributed by atoms with Gasteiger partial charge in [0, 0.05) is 5.69 Å². The Morgan fingerprint density at radius 2 is 1.64 bits per heavy atom. The van der Waals surface area contributed by atoms with Gasteiger partial charge in [-0.2, -0.15) is 0 Å². The molecular weight excluding hydrogens is 356 g/mol. The average Bonchev–Trinajstić information content (AvgIpc) is 3.08. The van der Waals surface area contributed by atoms with Crippen molar-refractivity contribution in [2.24, 2.45) is 0 Å². The Labute approximate surface area is 153 Å². The van der Waals surface area contributed by atoms with E-state index in [1.54, 1.807) is 11.4 Å². The molecule has 1 heterocycles. The number of para-hydroxylation sites is 1. The third-order valence-corrected chi connectivity index (χ3v) is 6.62. The zero-order chi connectivity index (χ0) is 18.6. The summed E-state index contributed by atoms with van der Waals surface area (Å²) in [5.74, 6) is 0.115. The Kier molecular flexibility index (Phi) is 6.37. The molecule has 0 aliphatic heterocycles. The third-order valence-electron chi connectivity index (χ3n) is 3.82. The largest absolute Gasteiger partial charge is 0.324 e. The first kappa shape index (κ1) is 19.6. The molecule has 7 heteroatoms. The van der Waals surface area contributed by atoms with E-state index < -0.39 is 10.0 Å². The standard InChI is InChI=1S/C18H24N2O3S2/c1-12(2)14-7-5-8-15(13(3)4)18(14)20-16(21)11-19-25(22,23)17-9-6-10-24-17/h5-10,12-13,19H,11H2,1-4H3,(H,20,21). The minimum atomic E-state index is -3.65. The van der Waals surface area contributed by atoms with Crippen LogP contribution in [0.3, 0.4) is 0 Å². The molecule has 0 fully saturated rings. The van der Waals surface area contributed by atoms with Crippen LogP contribution in [-0.4, -0.2) is 20.9 Å². The predicted molar refractivity (Wildman–Crippen MR) is 103 cm³/mol. The number of hydrogen-bond donors (Lipinski definition) is 2. The Hall–Kier alpha value is -1.70. The number of nitrogens with one attached hydrogen (secondary N) is 2. The fourth-order valence-corrected chi connectivity index (χ4v) is 4.55. The Bertz CT molecular complexity index is 800. The molecule has 0 unspecified atom stereocenters. The summed E-state index contributed by atoms with van der Waals surface area (Å²) in [5, 5.41) is 4.58. The van der Waals surface area contributed by atoms with E-state index in [2.05, 4.69) is 37.7 Å². The molecular formula is C18H24N2O3S2. The number of thiophene rings is 1. The van der Waals surface area contributed by atoms with E-state index in [9.17, 15) is 13.2 Å². The molecule has 0 saturated heterocycles. The van der Waals surface area contributed by atoms with Crippen LogP contribution in [0.4, 0.5) is 5.69 Å². The molecule has 1 aromatic heterocycles. The summed E-state index contributed by atoms with van der Waals surface area (Å²) in [6.45, 7) is 7.95. The lowest BCUT2D eigenvalue weighted by Gasteiger charge is -2.20. The molecule has 5 nitrogen and oxygen atoms in total. The van der Waals surface area contributed by atoms with Gasteiger partial charge >= 0.3 is 0 Å². The Morgan fingerprint density at radius 1 is 1.04 bits per heavy atom. The molecule has 1 aromatic carbocycles. The summed E-state index contributed by atoms with van der Waals surface area (Å²) >= 11 is 1.12. The molecule has 0 spiro atoms. The summed E-state index contributed by atoms with van der Waals surface area (Å²) in [6.07, 6.45) is 0. The average molecular weight is 381 g/mol. The number of carbonyl (C=O) groups excluding carboxylic acids is 1. The van der Waals surface area contributed by atoms with Crippen molar-refractivity contribution < 1.29 is 13.2 Å². The molecule has 0 atom stereocenters. The van der Waals surface area contributed by atoms with Crippen molar-refractivity contribution in [1.82, 2.24) is 4.72 Å². The summed E-state index contributed by atoms with van der Waals surface area (Å²) < 4.78 is 26.8. The van der Waals surface area contributed by atoms with Crippen LogP contribution in [0, 0.1) is 0 Å². The number of anilines is 1. The Balaban J connectivity index is 2.15. The van der Waals surface area contributed by atoms with Crippen molar-refractivity contribution in [3.63, 3.8) is 0 Å². The summed E-state index contributed by atoms with van der Waals surface area (Å²) in [7, 11) is -3.65. The van der Waals surface area contributed by atoms with Gasteiger partial charge in [0.15, 0.2) is 0 Å². The van der Waals surface area contributed by atoms with Gasteiger partial charge in [0.25, 0.3) is 10.0 Å². The van der Waals surface area contributed by atoms with Crippen LogP contribution in [0.5, 0.6) is 0 Å². The summed E-state index contributed by atoms with van der Waals surface area (Å²) in [5.41, 5.74) is 2.87. The lowest BCUT2D eigenvalue weighted by Crippen LogP contribution is -2.33. The van der Waals surface area contributed by atoms with E-state index in [0.29, 0.717) is 0 Å². The van der Waals surface area contributed by atoms with Crippen molar-refractivity contribution in [3.05, 3.63) is 46.8 Å². The maximum absolute atomic E-state index is 12.3. The second-order valence-corrected chi connectivity index (χ2v) is 9.37. The monoisotopic (exact) mass is 380 g/mol. The molecule has 2 rings (SSSR count). The molecule has 2 N–H and O–H groups in total. The number of amides is 1. The van der Waals surface area contributed by atoms with E-state index in [-0.39, 0.29) is 28.5 Å². The van der Waals surface area contributed by atoms with Crippen LogP contribution in [-0.2, 0) is 14.8 Å². The van der Waals surface area contributed by atoms with Crippen LogP contribution in [0.2, 0.25) is 0 Å². The molecule has 0 saturated carbocycles. The predicted octanol–water partition coefficient (Wildman–Crippen LogP) is 3.91. The van der Waals surface area contributed by atoms with E-state index in [1.807, 2.05) is 18.2 Å². The van der Waals surface area contributed by atoms with Crippen molar-refractivity contribution in [3.8, 4) is 0 Å². The van der Waals surface area contributed by atoms with Gasteiger partial charge in [-0.15, -0.1) is 11.3 Å². The quantitative estimate of drug-likeness (QED) is 0.765. The second-order valence-electron chi connectivity index (χ2n) is 6.43. The number of rotatable bonds is 7. The van der Waals surface area contributed by atoms with Gasteiger partial charge < -0.3 is 5.32 Å². The van der Waals surface area contributed by atoms with Crippen molar-refractivity contribution in [2.75, 3.05) is 11.9 Å². The van der Waals surface area contributed by atoms with Gasteiger partial charge in [-0.1, -0.05) is 52.0 Å². The van der Waals surface area contributed by atoms with E-state index >= 15 is 0 Å². The maximum atomic E-state index is 12.3. The normalized spacial score (nSPS) is 11.9. The van der Waals surface area contributed by atoms with Gasteiger partial charge in [-0.25, -0.2) is 13.1 Å². The van der Waals surface area contributed by atoms with Gasteiger partial charge in [-0.3, -0.25) is 4.79 Å². The van der Waals surface area contributed by atoms with Crippen molar-refractivity contribution in [1.29, 1.82) is 0 Å². The highest BCUT2D eigenvalue weighted by Crippen LogP contribution is 2.32. The Morgan fingerprint density at radius 3 is 2.12 bits per heavy atom. The molecule has 0 aliphatic rings. The van der Waals surface area contributed by atoms with Gasteiger partial charge in [-0.05, 0) is 34.4 Å². The SMILES string of the molecule is CC(C)c1cccc(C(C)C)c1NC(=O)CNS(=O)(=O)c1cccs1. The molecule has 0 aliphatic carbocycles. The lowest BCUT2D eigenvalue weighted by atomic mass is 9.92. The van der Waals surface area contributed by atoms with Crippen molar-refractivity contribution >= 4 is 33.0 Å². The van der Waals surface area contributed by atoms with Gasteiger partial charge in [0.05, 0.1) is 6.54 Å². The minimum absolute atomic E-state index is 0.200. The smallest absolute Gasteiger partial charge is 0.250 e. The topological polar surface area (TPSA) is 75.3 Å². The molecule has 1 amide bonds. The third kappa shape index (κ3) is 4.90. The molecule has 0 bridgehead atoms. The highest BCUT2D eigenvalue weighted by molar-refractivity contribution is 7.91. The number of carbonyl (C=O) groups is 1. The number of sulfonamides is 1. The van der Waals surface area contributed by atoms with Crippen LogP contribution in [0.25, 0.3) is 0 Å². The van der Waals surface area contributed by atoms with Gasteiger partial charge in [0.1, 0.15) is 4.21 Å². The zero-order valence-corrected chi connectivity index (χ0v) is 16.5. The maximum Gasteiger partial charge on any atom is 0.250 e. The zero-order valence-electron chi connectivity index (χ0n) is 14.9. The summed E-state index contributed by atoms with van der Waals surface area (Å²) in [6, 6.07) is 9.13. The van der Waals surface area contributed by atoms with E-state index in [0.717, 1.165) is 28.2 Å². The van der Waals surface area contributed by atoms with Crippen LogP contribution >= 0.6 is 11.3 Å². The fraction of sp³-hybridized carbons (Fsp3) is 0.389. The lowest BCUT2D eigenvalue weighted by molar-refractivity contribution is -0.115. The first-order chi connectivity index (χ1) is 11.7. The summed E-state index contributed by atoms with van der Waals surface area (Å²) in [4.78, 5) is 12.3. The first-order valence-electron chi connectivity index (χ1n) is 8.18. The van der Waals surface area contributed by atoms with Crippen LogP contribution in [0.15, 0.2) is 39.9 Å². The van der Waals surface area contributed by atoms with Crippen LogP contribution < -0.4 is 10.0 Å². The molecule has 25 heavy (non-hydrogen) atoms. The highest BCUT2D eigenvalue weighted by Gasteiger charge is 2.19. The second kappa shape index (κ2) is 8.12.